The van der Waals surface area contributed by atoms with E-state index in [0.29, 0.717) is 17.4 Å². The van der Waals surface area contributed by atoms with Crippen LogP contribution in [0.5, 0.6) is 0 Å². The van der Waals surface area contributed by atoms with Crippen LogP contribution in [0.25, 0.3) is 11.5 Å². The Hall–Kier alpha value is -2.04. The Morgan fingerprint density at radius 3 is 2.81 bits per heavy atom. The maximum atomic E-state index is 10.4. The topological polar surface area (TPSA) is 76.5 Å². The maximum absolute atomic E-state index is 10.4. The number of furan rings is 1. The van der Waals surface area contributed by atoms with Gasteiger partial charge in [-0.3, -0.25) is 4.79 Å². The molecule has 2 aromatic rings. The SMILES string of the molecule is Cc1ccc(-c2cnc(CCC(=O)O)o2)o1. The van der Waals surface area contributed by atoms with E-state index in [0.717, 1.165) is 5.76 Å². The zero-order valence-electron chi connectivity index (χ0n) is 8.77. The van der Waals surface area contributed by atoms with Crippen molar-refractivity contribution in [3.8, 4) is 11.5 Å². The Kier molecular flexibility index (Phi) is 2.76. The maximum Gasteiger partial charge on any atom is 0.303 e. The highest BCUT2D eigenvalue weighted by Gasteiger charge is 2.10. The van der Waals surface area contributed by atoms with Crippen molar-refractivity contribution in [2.24, 2.45) is 0 Å². The van der Waals surface area contributed by atoms with Crippen molar-refractivity contribution in [1.82, 2.24) is 4.98 Å². The molecule has 0 amide bonds. The lowest BCUT2D eigenvalue weighted by atomic mass is 10.3. The third kappa shape index (κ3) is 2.31. The van der Waals surface area contributed by atoms with E-state index in [1.54, 1.807) is 6.07 Å². The van der Waals surface area contributed by atoms with Gasteiger partial charge in [0.05, 0.1) is 12.6 Å². The molecule has 0 aliphatic rings. The lowest BCUT2D eigenvalue weighted by Crippen LogP contribution is -1.97. The molecule has 16 heavy (non-hydrogen) atoms. The van der Waals surface area contributed by atoms with Crippen LogP contribution in [0.1, 0.15) is 18.1 Å². The first-order valence-corrected chi connectivity index (χ1v) is 4.88. The zero-order valence-corrected chi connectivity index (χ0v) is 8.77. The Labute approximate surface area is 91.7 Å². The minimum absolute atomic E-state index is 0.0110. The van der Waals surface area contributed by atoms with E-state index in [4.69, 9.17) is 13.9 Å². The molecule has 0 spiro atoms. The normalized spacial score (nSPS) is 10.6. The van der Waals surface area contributed by atoms with Gasteiger partial charge in [-0.15, -0.1) is 0 Å². The predicted molar refractivity (Wildman–Crippen MR) is 54.9 cm³/mol. The molecule has 0 saturated carbocycles. The fourth-order valence-electron chi connectivity index (χ4n) is 1.32. The molecule has 84 valence electrons. The zero-order chi connectivity index (χ0) is 11.5. The van der Waals surface area contributed by atoms with Gasteiger partial charge in [-0.1, -0.05) is 0 Å². The van der Waals surface area contributed by atoms with Crippen LogP contribution in [0, 0.1) is 6.92 Å². The monoisotopic (exact) mass is 221 g/mol. The second kappa shape index (κ2) is 4.22. The second-order valence-electron chi connectivity index (χ2n) is 3.42. The van der Waals surface area contributed by atoms with E-state index in [-0.39, 0.29) is 12.8 Å². The number of hydrogen-bond acceptors (Lipinski definition) is 4. The Morgan fingerprint density at radius 1 is 1.38 bits per heavy atom. The van der Waals surface area contributed by atoms with Crippen molar-refractivity contribution in [1.29, 1.82) is 0 Å². The van der Waals surface area contributed by atoms with Crippen LogP contribution >= 0.6 is 0 Å². The summed E-state index contributed by atoms with van der Waals surface area (Å²) >= 11 is 0. The van der Waals surface area contributed by atoms with Gasteiger partial charge in [-0.2, -0.15) is 0 Å². The number of aromatic nitrogens is 1. The minimum atomic E-state index is -0.867. The van der Waals surface area contributed by atoms with E-state index >= 15 is 0 Å². The number of carboxylic acid groups (broad SMARTS) is 1. The molecule has 0 aliphatic heterocycles. The molecule has 1 N–H and O–H groups in total. The van der Waals surface area contributed by atoms with Crippen LogP contribution in [-0.2, 0) is 11.2 Å². The van der Waals surface area contributed by atoms with Crippen LogP contribution in [0.2, 0.25) is 0 Å². The summed E-state index contributed by atoms with van der Waals surface area (Å²) in [6, 6.07) is 3.62. The van der Waals surface area contributed by atoms with Crippen LogP contribution in [-0.4, -0.2) is 16.1 Å². The van der Waals surface area contributed by atoms with Crippen molar-refractivity contribution >= 4 is 5.97 Å². The van der Waals surface area contributed by atoms with Gasteiger partial charge in [0.1, 0.15) is 5.76 Å². The molecule has 2 heterocycles. The molecule has 0 atom stereocenters. The van der Waals surface area contributed by atoms with Gasteiger partial charge in [-0.25, -0.2) is 4.98 Å². The number of carboxylic acids is 1. The Balaban J connectivity index is 2.10. The van der Waals surface area contributed by atoms with E-state index < -0.39 is 5.97 Å². The van der Waals surface area contributed by atoms with Gasteiger partial charge < -0.3 is 13.9 Å². The largest absolute Gasteiger partial charge is 0.481 e. The molecule has 0 fully saturated rings. The molecule has 0 bridgehead atoms. The van der Waals surface area contributed by atoms with Gasteiger partial charge in [-0.05, 0) is 19.1 Å². The van der Waals surface area contributed by atoms with E-state index in [2.05, 4.69) is 4.98 Å². The smallest absolute Gasteiger partial charge is 0.303 e. The average molecular weight is 221 g/mol. The summed E-state index contributed by atoms with van der Waals surface area (Å²) in [7, 11) is 0. The highest BCUT2D eigenvalue weighted by molar-refractivity contribution is 5.66. The molecular weight excluding hydrogens is 210 g/mol. The first-order chi connectivity index (χ1) is 7.65. The molecule has 0 aliphatic carbocycles. The van der Waals surface area contributed by atoms with E-state index in [1.165, 1.54) is 6.20 Å². The summed E-state index contributed by atoms with van der Waals surface area (Å²) in [5.41, 5.74) is 0. The quantitative estimate of drug-likeness (QED) is 0.856. The molecule has 5 nitrogen and oxygen atoms in total. The van der Waals surface area contributed by atoms with Crippen LogP contribution in [0.4, 0.5) is 0 Å². The summed E-state index contributed by atoms with van der Waals surface area (Å²) in [6.45, 7) is 1.84. The molecule has 2 rings (SSSR count). The number of aryl methyl sites for hydroxylation is 2. The van der Waals surface area contributed by atoms with Crippen molar-refractivity contribution in [2.45, 2.75) is 19.8 Å². The van der Waals surface area contributed by atoms with Gasteiger partial charge in [0, 0.05) is 6.42 Å². The minimum Gasteiger partial charge on any atom is -0.481 e. The summed E-state index contributed by atoms with van der Waals surface area (Å²) in [5, 5.41) is 8.51. The summed E-state index contributed by atoms with van der Waals surface area (Å²) in [5.74, 6) is 1.46. The molecular formula is C11H11NO4. The first kappa shape index (κ1) is 10.5. The van der Waals surface area contributed by atoms with Gasteiger partial charge in [0.2, 0.25) is 0 Å². The van der Waals surface area contributed by atoms with Crippen LogP contribution < -0.4 is 0 Å². The molecule has 2 aromatic heterocycles. The lowest BCUT2D eigenvalue weighted by Gasteiger charge is -1.91. The Bertz CT molecular complexity index is 498. The summed E-state index contributed by atoms with van der Waals surface area (Å²) in [4.78, 5) is 14.3. The molecule has 0 saturated heterocycles. The number of aliphatic carboxylic acids is 1. The Morgan fingerprint density at radius 2 is 2.19 bits per heavy atom. The number of oxazole rings is 1. The van der Waals surface area contributed by atoms with Crippen molar-refractivity contribution in [3.05, 3.63) is 30.0 Å². The van der Waals surface area contributed by atoms with Crippen LogP contribution in [0.15, 0.2) is 27.2 Å². The summed E-state index contributed by atoms with van der Waals surface area (Å²) in [6.07, 6.45) is 1.83. The van der Waals surface area contributed by atoms with Gasteiger partial charge in [0.25, 0.3) is 0 Å². The molecule has 0 radical (unpaired) electrons. The average Bonchev–Trinajstić information content (AvgIpc) is 2.83. The van der Waals surface area contributed by atoms with E-state index in [9.17, 15) is 4.79 Å². The van der Waals surface area contributed by atoms with E-state index in [1.807, 2.05) is 13.0 Å². The number of hydrogen-bond donors (Lipinski definition) is 1. The predicted octanol–water partition coefficient (Wildman–Crippen LogP) is 2.26. The number of rotatable bonds is 4. The summed E-state index contributed by atoms with van der Waals surface area (Å²) < 4.78 is 10.7. The number of carbonyl (C=O) groups is 1. The highest BCUT2D eigenvalue weighted by atomic mass is 16.4. The van der Waals surface area contributed by atoms with Gasteiger partial charge >= 0.3 is 5.97 Å². The third-order valence-electron chi connectivity index (χ3n) is 2.09. The standard InChI is InChI=1S/C11H11NO4/c1-7-2-3-8(15-7)9-6-12-10(16-9)4-5-11(13)14/h2-3,6H,4-5H2,1H3,(H,13,14). The molecule has 5 heteroatoms. The molecule has 0 aromatic carbocycles. The van der Waals surface area contributed by atoms with Gasteiger partial charge in [0.15, 0.2) is 17.4 Å². The molecule has 0 unspecified atom stereocenters. The third-order valence-corrected chi connectivity index (χ3v) is 2.09. The van der Waals surface area contributed by atoms with Crippen molar-refractivity contribution < 1.29 is 18.7 Å². The van der Waals surface area contributed by atoms with Crippen molar-refractivity contribution in [2.75, 3.05) is 0 Å². The lowest BCUT2D eigenvalue weighted by molar-refractivity contribution is -0.137. The fourth-order valence-corrected chi connectivity index (χ4v) is 1.32. The van der Waals surface area contributed by atoms with Crippen LogP contribution in [0.3, 0.4) is 0 Å². The first-order valence-electron chi connectivity index (χ1n) is 4.88. The second-order valence-corrected chi connectivity index (χ2v) is 3.42. The van der Waals surface area contributed by atoms with Crippen molar-refractivity contribution in [3.63, 3.8) is 0 Å². The highest BCUT2D eigenvalue weighted by Crippen LogP contribution is 2.22. The number of nitrogens with zero attached hydrogens (tertiary/aromatic N) is 1. The fraction of sp³-hybridized carbons (Fsp3) is 0.273.